The highest BCUT2D eigenvalue weighted by Gasteiger charge is 2.36. The minimum absolute atomic E-state index is 0.00168. The van der Waals surface area contributed by atoms with Gasteiger partial charge in [0, 0.05) is 38.2 Å². The van der Waals surface area contributed by atoms with E-state index in [9.17, 15) is 18.0 Å². The summed E-state index contributed by atoms with van der Waals surface area (Å²) in [6.45, 7) is 6.58. The molecule has 304 valence electrons. The lowest BCUT2D eigenvalue weighted by molar-refractivity contribution is -0.120. The Kier molecular flexibility index (Phi) is 9.33. The Hall–Kier alpha value is -6.43. The number of rotatable bonds is 11. The number of nitrogens with one attached hydrogen (secondary N) is 3. The summed E-state index contributed by atoms with van der Waals surface area (Å²) in [5, 5.41) is 19.2. The van der Waals surface area contributed by atoms with Crippen molar-refractivity contribution in [1.82, 2.24) is 40.1 Å². The van der Waals surface area contributed by atoms with Crippen LogP contribution >= 0.6 is 0 Å². The second-order valence-electron chi connectivity index (χ2n) is 15.9. The molecule has 59 heavy (non-hydrogen) atoms. The fourth-order valence-corrected chi connectivity index (χ4v) is 9.41. The lowest BCUT2D eigenvalue weighted by Crippen LogP contribution is -2.49. The van der Waals surface area contributed by atoms with Crippen LogP contribution in [0.1, 0.15) is 62.8 Å². The molecule has 1 saturated heterocycles. The number of ether oxygens (including phenoxy) is 1. The van der Waals surface area contributed by atoms with E-state index >= 15 is 4.39 Å². The van der Waals surface area contributed by atoms with Gasteiger partial charge in [-0.25, -0.2) is 22.6 Å². The van der Waals surface area contributed by atoms with Crippen LogP contribution < -0.4 is 25.7 Å². The number of carbonyl (C=O) groups excluding carboxylic acids is 2. The molecule has 1 aliphatic carbocycles. The van der Waals surface area contributed by atoms with Gasteiger partial charge in [0.2, 0.25) is 27.3 Å². The molecule has 0 bridgehead atoms. The van der Waals surface area contributed by atoms with E-state index in [-0.39, 0.29) is 46.4 Å². The number of hydrogen-bond acceptors (Lipinski definition) is 12. The molecule has 3 N–H and O–H groups in total. The van der Waals surface area contributed by atoms with Crippen molar-refractivity contribution in [3.63, 3.8) is 0 Å². The van der Waals surface area contributed by atoms with E-state index in [4.69, 9.17) is 4.74 Å². The van der Waals surface area contributed by atoms with Crippen molar-refractivity contribution >= 4 is 62.0 Å². The quantitative estimate of drug-likeness (QED) is 0.149. The standard InChI is InChI=1S/C41H42FN11O5S/c1-23(2)58-35-36(41(3)20-44-45-21-41)43-22-53-38(35)48-39(50-53)46-32-11-9-29(19-31(32)42)59(56,57)28-7-5-6-24(17-28)14-25-15-27(16-25)26-8-10-30-33(18-26)51(4)49-37(30)52-13-12-34(54)47-40(52)55/h5-11,17-20,22-23,25,27,45H,12-16,21H2,1-4H3,(H,46,50)(H,47,54,55). The summed E-state index contributed by atoms with van der Waals surface area (Å²) in [6.07, 6.45) is 5.89. The minimum atomic E-state index is -4.04. The number of carbonyl (C=O) groups is 2. The van der Waals surface area contributed by atoms with Gasteiger partial charge in [0.05, 0.1) is 32.5 Å². The molecule has 3 aliphatic rings. The molecular weight excluding hydrogens is 778 g/mol. The number of amides is 3. The van der Waals surface area contributed by atoms with Crippen molar-refractivity contribution in [1.29, 1.82) is 0 Å². The first-order valence-corrected chi connectivity index (χ1v) is 20.9. The van der Waals surface area contributed by atoms with Crippen molar-refractivity contribution < 1.29 is 27.1 Å². The third-order valence-corrected chi connectivity index (χ3v) is 13.0. The summed E-state index contributed by atoms with van der Waals surface area (Å²) >= 11 is 0. The summed E-state index contributed by atoms with van der Waals surface area (Å²) in [5.74, 6) is 0.648. The number of hydrazone groups is 1. The van der Waals surface area contributed by atoms with Crippen molar-refractivity contribution in [3.8, 4) is 5.75 Å². The predicted octanol–water partition coefficient (Wildman–Crippen LogP) is 5.54. The van der Waals surface area contributed by atoms with Gasteiger partial charge in [0.1, 0.15) is 17.8 Å². The number of aryl methyl sites for hydroxylation is 1. The molecule has 18 heteroatoms. The number of aromatic nitrogens is 6. The maximum absolute atomic E-state index is 15.6. The fraction of sp³-hybridized carbons (Fsp3) is 0.341. The lowest BCUT2D eigenvalue weighted by atomic mass is 9.69. The zero-order valence-electron chi connectivity index (χ0n) is 32.8. The van der Waals surface area contributed by atoms with Crippen LogP contribution in [0.5, 0.6) is 5.75 Å². The van der Waals surface area contributed by atoms with Crippen LogP contribution in [0.25, 0.3) is 16.6 Å². The van der Waals surface area contributed by atoms with Gasteiger partial charge in [0.15, 0.2) is 11.6 Å². The molecule has 6 aromatic rings. The predicted molar refractivity (Wildman–Crippen MR) is 217 cm³/mol. The van der Waals surface area contributed by atoms with Crippen LogP contribution in [0.3, 0.4) is 0 Å². The molecule has 1 atom stereocenters. The number of sulfone groups is 1. The van der Waals surface area contributed by atoms with E-state index in [0.29, 0.717) is 47.7 Å². The maximum atomic E-state index is 15.6. The van der Waals surface area contributed by atoms with Gasteiger partial charge in [-0.3, -0.25) is 19.7 Å². The van der Waals surface area contributed by atoms with Crippen LogP contribution in [-0.4, -0.2) is 75.1 Å². The number of nitrogens with zero attached hydrogens (tertiary/aromatic N) is 8. The summed E-state index contributed by atoms with van der Waals surface area (Å²) in [7, 11) is -2.20. The number of halogens is 1. The van der Waals surface area contributed by atoms with E-state index in [1.807, 2.05) is 40.0 Å². The second kappa shape index (κ2) is 14.4. The molecule has 9 rings (SSSR count). The van der Waals surface area contributed by atoms with Crippen LogP contribution in [0.2, 0.25) is 0 Å². The number of imide groups is 1. The average molecular weight is 820 g/mol. The Morgan fingerprint density at radius 2 is 1.86 bits per heavy atom. The zero-order valence-corrected chi connectivity index (χ0v) is 33.6. The van der Waals surface area contributed by atoms with Gasteiger partial charge >= 0.3 is 6.03 Å². The molecule has 3 amide bonds. The molecule has 2 aliphatic heterocycles. The first-order chi connectivity index (χ1) is 28.3. The second-order valence-corrected chi connectivity index (χ2v) is 17.9. The van der Waals surface area contributed by atoms with Gasteiger partial charge in [-0.05, 0) is 105 Å². The first-order valence-electron chi connectivity index (χ1n) is 19.4. The van der Waals surface area contributed by atoms with E-state index in [0.717, 1.165) is 35.4 Å². The van der Waals surface area contributed by atoms with E-state index in [1.165, 1.54) is 39.5 Å². The zero-order chi connectivity index (χ0) is 41.2. The minimum Gasteiger partial charge on any atom is -0.485 e. The first kappa shape index (κ1) is 38.1. The van der Waals surface area contributed by atoms with Gasteiger partial charge in [-0.2, -0.15) is 19.7 Å². The van der Waals surface area contributed by atoms with Crippen molar-refractivity contribution in [3.05, 3.63) is 89.6 Å². The molecule has 3 aromatic carbocycles. The molecule has 16 nitrogen and oxygen atoms in total. The van der Waals surface area contributed by atoms with Crippen LogP contribution in [0, 0.1) is 11.7 Å². The third-order valence-electron chi connectivity index (χ3n) is 11.2. The fourth-order valence-electron chi connectivity index (χ4n) is 8.07. The SMILES string of the molecule is CC(C)Oc1c(C2(C)C=NNC2)ncn2nc(Nc3ccc(S(=O)(=O)c4cccc(CC5CC(c6ccc7c(N8CCC(=O)NC8=O)nn(C)c7c6)C5)c4)cc3F)nc12. The van der Waals surface area contributed by atoms with Gasteiger partial charge in [-0.15, -0.1) is 5.10 Å². The average Bonchev–Trinajstić information content (AvgIpc) is 3.90. The van der Waals surface area contributed by atoms with Crippen LogP contribution in [0.15, 0.2) is 81.9 Å². The Labute approximate surface area is 338 Å². The molecular formula is C41H42FN11O5S. The van der Waals surface area contributed by atoms with Crippen LogP contribution in [-0.2, 0) is 33.5 Å². The molecule has 5 heterocycles. The van der Waals surface area contributed by atoms with Crippen molar-refractivity contribution in [2.75, 3.05) is 23.3 Å². The molecule has 0 spiro atoms. The lowest BCUT2D eigenvalue weighted by Gasteiger charge is -2.36. The summed E-state index contributed by atoms with van der Waals surface area (Å²) in [6, 6.07) is 16.3. The summed E-state index contributed by atoms with van der Waals surface area (Å²) < 4.78 is 52.6. The van der Waals surface area contributed by atoms with E-state index < -0.39 is 27.1 Å². The monoisotopic (exact) mass is 819 g/mol. The topological polar surface area (TPSA) is 190 Å². The van der Waals surface area contributed by atoms with Gasteiger partial charge in [-0.1, -0.05) is 18.2 Å². The Morgan fingerprint density at radius 1 is 1.05 bits per heavy atom. The summed E-state index contributed by atoms with van der Waals surface area (Å²) in [4.78, 5) is 34.8. The largest absolute Gasteiger partial charge is 0.485 e. The van der Waals surface area contributed by atoms with E-state index in [2.05, 4.69) is 53.5 Å². The summed E-state index contributed by atoms with van der Waals surface area (Å²) in [5.41, 5.74) is 6.41. The Balaban J connectivity index is 0.870. The third kappa shape index (κ3) is 7.00. The highest BCUT2D eigenvalue weighted by molar-refractivity contribution is 7.91. The van der Waals surface area contributed by atoms with Crippen molar-refractivity contribution in [2.24, 2.45) is 18.1 Å². The van der Waals surface area contributed by atoms with Crippen molar-refractivity contribution in [2.45, 2.75) is 73.7 Å². The highest BCUT2D eigenvalue weighted by Crippen LogP contribution is 2.44. The van der Waals surface area contributed by atoms with Crippen LogP contribution in [0.4, 0.5) is 26.6 Å². The highest BCUT2D eigenvalue weighted by atomic mass is 32.2. The number of hydrogen-bond donors (Lipinski definition) is 3. The maximum Gasteiger partial charge on any atom is 0.329 e. The number of benzene rings is 3. The van der Waals surface area contributed by atoms with Gasteiger partial charge < -0.3 is 15.5 Å². The van der Waals surface area contributed by atoms with E-state index in [1.54, 1.807) is 23.0 Å². The normalized spacial score (nSPS) is 20.6. The Morgan fingerprint density at radius 3 is 2.61 bits per heavy atom. The molecule has 2 fully saturated rings. The number of urea groups is 1. The number of fused-ring (bicyclic) bond motifs is 2. The molecule has 1 unspecified atom stereocenters. The molecule has 1 saturated carbocycles. The Bertz CT molecular complexity index is 2810. The molecule has 3 aromatic heterocycles. The van der Waals surface area contributed by atoms with Gasteiger partial charge in [0.25, 0.3) is 0 Å². The molecule has 0 radical (unpaired) electrons. The smallest absolute Gasteiger partial charge is 0.329 e. The number of anilines is 3.